The molecule has 0 saturated heterocycles. The van der Waals surface area contributed by atoms with E-state index in [9.17, 15) is 9.13 Å². The minimum atomic E-state index is -5.05. The molecule has 8 nitrogen and oxygen atoms in total. The predicted molar refractivity (Wildman–Crippen MR) is 30.2 cm³/mol. The number of hydrogen-bond donors (Lipinski definition) is 5. The fraction of sp³-hybridized carbons (Fsp3) is 0. The van der Waals surface area contributed by atoms with Gasteiger partial charge in [0.1, 0.15) is 0 Å². The monoisotopic (exact) mass is 251 g/mol. The first kappa shape index (κ1) is 17.7. The Bertz CT molecular complexity index is 157. The molecule has 0 fully saturated rings. The standard InChI is InChI=1S/Fe.H3N.H4O7P2/c;;1-8(2,3)7-9(4,5)6/h;1H3;(H2,1,2,3)(H2,4,5,6). The van der Waals surface area contributed by atoms with Gasteiger partial charge in [0.15, 0.2) is 0 Å². The van der Waals surface area contributed by atoms with Crippen molar-refractivity contribution in [2.24, 2.45) is 0 Å². The first-order valence-corrected chi connectivity index (χ1v) is 4.59. The molecule has 0 rings (SSSR count). The molecule has 0 aliphatic carbocycles. The fourth-order valence-electron chi connectivity index (χ4n) is 0.139. The molecule has 0 aromatic rings. The molecule has 0 atom stereocenters. The van der Waals surface area contributed by atoms with Crippen LogP contribution in [0, 0.1) is 0 Å². The van der Waals surface area contributed by atoms with Crippen LogP contribution in [0.4, 0.5) is 0 Å². The number of rotatable bonds is 2. The summed E-state index contributed by atoms with van der Waals surface area (Å²) in [7, 11) is -10.1. The Morgan fingerprint density at radius 1 is 0.909 bits per heavy atom. The molecule has 0 aliphatic rings. The summed E-state index contributed by atoms with van der Waals surface area (Å²) in [5, 5.41) is 0. The SMILES string of the molecule is N.O=P(O)(O)OP(=O)(O)O.[Fe]. The summed E-state index contributed by atoms with van der Waals surface area (Å²) in [6.07, 6.45) is 0. The maximum Gasteiger partial charge on any atom is 0.478 e. The van der Waals surface area contributed by atoms with Crippen molar-refractivity contribution in [3.8, 4) is 0 Å². The Morgan fingerprint density at radius 3 is 1.09 bits per heavy atom. The zero-order valence-electron chi connectivity index (χ0n) is 4.97. The molecule has 7 N–H and O–H groups in total. The molecule has 0 amide bonds. The maximum atomic E-state index is 9.63. The van der Waals surface area contributed by atoms with Crippen LogP contribution in [-0.2, 0) is 30.5 Å². The Kier molecular flexibility index (Phi) is 8.70. The second-order valence-corrected chi connectivity index (χ2v) is 3.68. The van der Waals surface area contributed by atoms with Gasteiger partial charge in [0.2, 0.25) is 0 Å². The molecular weight excluding hydrogens is 244 g/mol. The average molecular weight is 251 g/mol. The minimum absolute atomic E-state index is 0. The van der Waals surface area contributed by atoms with Gasteiger partial charge in [-0.15, -0.1) is 0 Å². The molecule has 0 unspecified atom stereocenters. The van der Waals surface area contributed by atoms with E-state index in [0.717, 1.165) is 0 Å². The Labute approximate surface area is 72.5 Å². The van der Waals surface area contributed by atoms with Crippen molar-refractivity contribution in [2.75, 3.05) is 0 Å². The summed E-state index contributed by atoms with van der Waals surface area (Å²) in [4.78, 5) is 31.0. The summed E-state index contributed by atoms with van der Waals surface area (Å²) in [5.41, 5.74) is 0. The van der Waals surface area contributed by atoms with E-state index in [1.807, 2.05) is 0 Å². The van der Waals surface area contributed by atoms with E-state index < -0.39 is 15.6 Å². The number of phosphoric acid groups is 2. The fourth-order valence-corrected chi connectivity index (χ4v) is 1.25. The molecule has 0 aliphatic heterocycles. The first-order chi connectivity index (χ1) is 3.71. The van der Waals surface area contributed by atoms with Crippen molar-refractivity contribution in [2.45, 2.75) is 0 Å². The van der Waals surface area contributed by atoms with Crippen LogP contribution in [0.15, 0.2) is 0 Å². The zero-order chi connectivity index (χ0) is 7.71. The largest absolute Gasteiger partial charge is 0.478 e. The van der Waals surface area contributed by atoms with Gasteiger partial charge in [-0.2, -0.15) is 4.31 Å². The van der Waals surface area contributed by atoms with Gasteiger partial charge in [-0.25, -0.2) is 9.13 Å². The third-order valence-electron chi connectivity index (χ3n) is 0.213. The molecule has 11 heteroatoms. The van der Waals surface area contributed by atoms with E-state index in [4.69, 9.17) is 19.6 Å². The van der Waals surface area contributed by atoms with Gasteiger partial charge in [-0.05, 0) is 0 Å². The summed E-state index contributed by atoms with van der Waals surface area (Å²) < 4.78 is 22.2. The molecule has 0 aromatic carbocycles. The molecule has 0 heterocycles. The van der Waals surface area contributed by atoms with Gasteiger partial charge in [0.25, 0.3) is 0 Å². The van der Waals surface area contributed by atoms with Gasteiger partial charge in [-0.1, -0.05) is 0 Å². The normalized spacial score (nSPS) is 11.3. The molecule has 0 saturated carbocycles. The third-order valence-corrected chi connectivity index (χ3v) is 1.91. The topological polar surface area (TPSA) is 159 Å². The molecule has 0 bridgehead atoms. The summed E-state index contributed by atoms with van der Waals surface area (Å²) in [5.74, 6) is 0. The molecule has 0 aromatic heterocycles. The zero-order valence-corrected chi connectivity index (χ0v) is 7.86. The van der Waals surface area contributed by atoms with Crippen LogP contribution in [0.5, 0.6) is 0 Å². The Balaban J connectivity index is -0.000000320. The first-order valence-electron chi connectivity index (χ1n) is 1.53. The van der Waals surface area contributed by atoms with Crippen LogP contribution in [0.1, 0.15) is 0 Å². The third kappa shape index (κ3) is 18.1. The molecule has 11 heavy (non-hydrogen) atoms. The second kappa shape index (κ2) is 5.40. The van der Waals surface area contributed by atoms with Gasteiger partial charge in [0, 0.05) is 17.1 Å². The van der Waals surface area contributed by atoms with Crippen LogP contribution in [0.25, 0.3) is 0 Å². The van der Waals surface area contributed by atoms with Crippen LogP contribution >= 0.6 is 15.6 Å². The number of hydrogen-bond acceptors (Lipinski definition) is 4. The van der Waals surface area contributed by atoms with E-state index in [2.05, 4.69) is 4.31 Å². The summed E-state index contributed by atoms with van der Waals surface area (Å²) in [6, 6.07) is 0. The van der Waals surface area contributed by atoms with E-state index in [1.165, 1.54) is 0 Å². The van der Waals surface area contributed by atoms with E-state index in [-0.39, 0.29) is 23.2 Å². The summed E-state index contributed by atoms with van der Waals surface area (Å²) in [6.45, 7) is 0. The van der Waals surface area contributed by atoms with Crippen molar-refractivity contribution < 1.29 is 50.1 Å². The van der Waals surface area contributed by atoms with Crippen LogP contribution < -0.4 is 6.15 Å². The van der Waals surface area contributed by atoms with Crippen molar-refractivity contribution in [3.05, 3.63) is 0 Å². The van der Waals surface area contributed by atoms with Crippen molar-refractivity contribution in [1.29, 1.82) is 0 Å². The Morgan fingerprint density at radius 2 is 1.09 bits per heavy atom. The molecule has 0 spiro atoms. The van der Waals surface area contributed by atoms with E-state index in [0.29, 0.717) is 0 Å². The predicted octanol–water partition coefficient (Wildman–Crippen LogP) is -0.652. The van der Waals surface area contributed by atoms with Gasteiger partial charge >= 0.3 is 15.6 Å². The smallest absolute Gasteiger partial charge is 0.344 e. The molecule has 72 valence electrons. The molecule has 0 radical (unpaired) electrons. The average Bonchev–Trinajstić information content (AvgIpc) is 1.14. The van der Waals surface area contributed by atoms with Gasteiger partial charge < -0.3 is 25.7 Å². The van der Waals surface area contributed by atoms with E-state index >= 15 is 0 Å². The maximum absolute atomic E-state index is 9.63. The van der Waals surface area contributed by atoms with Gasteiger partial charge in [0.05, 0.1) is 0 Å². The minimum Gasteiger partial charge on any atom is -0.344 e. The van der Waals surface area contributed by atoms with E-state index in [1.54, 1.807) is 0 Å². The van der Waals surface area contributed by atoms with Crippen LogP contribution in [-0.4, -0.2) is 19.6 Å². The Hall–Kier alpha value is 0.739. The van der Waals surface area contributed by atoms with Crippen LogP contribution in [0.2, 0.25) is 0 Å². The second-order valence-electron chi connectivity index (χ2n) is 1.06. The van der Waals surface area contributed by atoms with Crippen molar-refractivity contribution >= 4 is 15.6 Å². The molecular formula is H7FeNO7P2. The van der Waals surface area contributed by atoms with Crippen molar-refractivity contribution in [1.82, 2.24) is 6.15 Å². The van der Waals surface area contributed by atoms with Gasteiger partial charge in [-0.3, -0.25) is 0 Å². The van der Waals surface area contributed by atoms with Crippen molar-refractivity contribution in [3.63, 3.8) is 0 Å². The van der Waals surface area contributed by atoms with Crippen LogP contribution in [0.3, 0.4) is 0 Å². The quantitative estimate of drug-likeness (QED) is 0.319. The summed E-state index contributed by atoms with van der Waals surface area (Å²) >= 11 is 0.